The summed E-state index contributed by atoms with van der Waals surface area (Å²) in [6.45, 7) is 3.55. The van der Waals surface area contributed by atoms with Gasteiger partial charge in [-0.1, -0.05) is 34.5 Å². The van der Waals surface area contributed by atoms with Crippen molar-refractivity contribution in [1.82, 2.24) is 5.32 Å². The molecule has 0 amide bonds. The molecule has 2 nitrogen and oxygen atoms in total. The van der Waals surface area contributed by atoms with E-state index in [-0.39, 0.29) is 5.02 Å². The molecule has 0 saturated heterocycles. The molecule has 0 aliphatic rings. The van der Waals surface area contributed by atoms with Crippen LogP contribution in [0.15, 0.2) is 39.3 Å². The van der Waals surface area contributed by atoms with Crippen LogP contribution in [0.25, 0.3) is 0 Å². The van der Waals surface area contributed by atoms with Crippen LogP contribution in [0.4, 0.5) is 4.39 Å². The largest absolute Gasteiger partial charge is 0.456 e. The topological polar surface area (TPSA) is 21.3 Å². The third kappa shape index (κ3) is 4.42. The number of hydrogen-bond donors (Lipinski definition) is 1. The molecule has 0 spiro atoms. The van der Waals surface area contributed by atoms with Crippen molar-refractivity contribution in [2.45, 2.75) is 13.5 Å². The number of ether oxygens (including phenoxy) is 1. The van der Waals surface area contributed by atoms with Gasteiger partial charge in [-0.05, 0) is 46.7 Å². The number of nitrogens with one attached hydrogen (secondary N) is 1. The van der Waals surface area contributed by atoms with Crippen molar-refractivity contribution >= 4 is 43.5 Å². The predicted molar refractivity (Wildman–Crippen MR) is 90.7 cm³/mol. The Morgan fingerprint density at radius 2 is 1.95 bits per heavy atom. The Balaban J connectivity index is 2.32. The second-order valence-corrected chi connectivity index (χ2v) is 6.51. The Kier molecular flexibility index (Phi) is 6.05. The van der Waals surface area contributed by atoms with E-state index in [0.29, 0.717) is 22.5 Å². The van der Waals surface area contributed by atoms with Gasteiger partial charge in [-0.15, -0.1) is 0 Å². The second-order valence-electron chi connectivity index (χ2n) is 4.33. The van der Waals surface area contributed by atoms with E-state index < -0.39 is 5.82 Å². The summed E-state index contributed by atoms with van der Waals surface area (Å²) in [5, 5.41) is 3.30. The predicted octanol–water partition coefficient (Wildman–Crippen LogP) is 5.91. The number of benzene rings is 2. The molecule has 0 atom stereocenters. The molecule has 0 aromatic heterocycles. The van der Waals surface area contributed by atoms with Gasteiger partial charge in [-0.2, -0.15) is 0 Å². The van der Waals surface area contributed by atoms with E-state index in [1.807, 2.05) is 25.1 Å². The lowest BCUT2D eigenvalue weighted by Gasteiger charge is -2.13. The average Bonchev–Trinajstić information content (AvgIpc) is 2.44. The number of rotatable bonds is 5. The molecule has 0 fully saturated rings. The molecule has 1 N–H and O–H groups in total. The summed E-state index contributed by atoms with van der Waals surface area (Å²) in [5.74, 6) is 0.541. The minimum atomic E-state index is -0.514. The monoisotopic (exact) mass is 435 g/mol. The van der Waals surface area contributed by atoms with Crippen LogP contribution in [0, 0.1) is 5.82 Å². The average molecular weight is 438 g/mol. The molecular formula is C15H13Br2ClFNO. The third-order valence-corrected chi connectivity index (χ3v) is 4.19. The molecule has 0 bridgehead atoms. The Morgan fingerprint density at radius 1 is 1.19 bits per heavy atom. The maximum Gasteiger partial charge on any atom is 0.145 e. The number of halogens is 4. The van der Waals surface area contributed by atoms with Crippen molar-refractivity contribution in [1.29, 1.82) is 0 Å². The van der Waals surface area contributed by atoms with Gasteiger partial charge in [0.15, 0.2) is 0 Å². The summed E-state index contributed by atoms with van der Waals surface area (Å²) < 4.78 is 21.0. The van der Waals surface area contributed by atoms with Gasteiger partial charge in [0.2, 0.25) is 0 Å². The molecule has 0 radical (unpaired) electrons. The van der Waals surface area contributed by atoms with Crippen LogP contribution in [-0.2, 0) is 6.54 Å². The Labute approximate surface area is 144 Å². The van der Waals surface area contributed by atoms with E-state index >= 15 is 0 Å². The maximum absolute atomic E-state index is 13.6. The lowest BCUT2D eigenvalue weighted by Crippen LogP contribution is -2.12. The quantitative estimate of drug-likeness (QED) is 0.588. The first-order chi connectivity index (χ1) is 10.0. The van der Waals surface area contributed by atoms with Crippen LogP contribution < -0.4 is 10.1 Å². The van der Waals surface area contributed by atoms with Crippen molar-refractivity contribution in [3.05, 3.63) is 55.7 Å². The first kappa shape index (κ1) is 16.7. The highest BCUT2D eigenvalue weighted by atomic mass is 79.9. The molecular weight excluding hydrogens is 424 g/mol. The normalized spacial score (nSPS) is 10.7. The molecule has 0 aliphatic heterocycles. The lowest BCUT2D eigenvalue weighted by atomic mass is 10.2. The van der Waals surface area contributed by atoms with Gasteiger partial charge in [-0.25, -0.2) is 4.39 Å². The van der Waals surface area contributed by atoms with E-state index in [0.717, 1.165) is 16.6 Å². The Hall–Kier alpha value is -0.620. The number of hydrogen-bond acceptors (Lipinski definition) is 2. The summed E-state index contributed by atoms with van der Waals surface area (Å²) in [4.78, 5) is 0. The molecule has 21 heavy (non-hydrogen) atoms. The van der Waals surface area contributed by atoms with Gasteiger partial charge in [0.05, 0.1) is 9.50 Å². The third-order valence-electron chi connectivity index (χ3n) is 2.78. The minimum absolute atomic E-state index is 0.0536. The summed E-state index contributed by atoms with van der Waals surface area (Å²) in [6.07, 6.45) is 0. The Bertz CT molecular complexity index is 652. The summed E-state index contributed by atoms with van der Waals surface area (Å²) in [6, 6.07) is 8.44. The molecule has 112 valence electrons. The van der Waals surface area contributed by atoms with Crippen LogP contribution in [0.1, 0.15) is 12.5 Å². The second kappa shape index (κ2) is 7.58. The van der Waals surface area contributed by atoms with Crippen molar-refractivity contribution in [3.8, 4) is 11.5 Å². The van der Waals surface area contributed by atoms with Gasteiger partial charge in [-0.3, -0.25) is 0 Å². The van der Waals surface area contributed by atoms with Crippen molar-refractivity contribution in [2.24, 2.45) is 0 Å². The zero-order valence-electron chi connectivity index (χ0n) is 11.2. The fourth-order valence-electron chi connectivity index (χ4n) is 1.75. The van der Waals surface area contributed by atoms with Crippen LogP contribution in [0.3, 0.4) is 0 Å². The molecule has 6 heteroatoms. The van der Waals surface area contributed by atoms with Crippen molar-refractivity contribution in [2.75, 3.05) is 6.54 Å². The lowest BCUT2D eigenvalue weighted by molar-refractivity contribution is 0.465. The zero-order chi connectivity index (χ0) is 15.4. The molecule has 0 heterocycles. The van der Waals surface area contributed by atoms with E-state index in [1.165, 1.54) is 12.1 Å². The van der Waals surface area contributed by atoms with Gasteiger partial charge < -0.3 is 10.1 Å². The molecule has 2 rings (SSSR count). The highest BCUT2D eigenvalue weighted by Crippen LogP contribution is 2.35. The standard InChI is InChI=1S/C15H13Br2ClFNO/c1-2-20-8-9-5-10(16)3-4-14(9)21-15-7-13(19)12(18)6-11(15)17/h3-7,20H,2,8H2,1H3. The smallest absolute Gasteiger partial charge is 0.145 e. The minimum Gasteiger partial charge on any atom is -0.456 e. The molecule has 2 aromatic carbocycles. The molecule has 2 aromatic rings. The van der Waals surface area contributed by atoms with E-state index in [9.17, 15) is 4.39 Å². The van der Waals surface area contributed by atoms with Crippen molar-refractivity contribution < 1.29 is 9.13 Å². The van der Waals surface area contributed by atoms with Crippen molar-refractivity contribution in [3.63, 3.8) is 0 Å². The van der Waals surface area contributed by atoms with Gasteiger partial charge in [0.25, 0.3) is 0 Å². The maximum atomic E-state index is 13.6. The fraction of sp³-hybridized carbons (Fsp3) is 0.200. The van der Waals surface area contributed by atoms with E-state index in [2.05, 4.69) is 37.2 Å². The summed E-state index contributed by atoms with van der Waals surface area (Å²) in [7, 11) is 0. The first-order valence-electron chi connectivity index (χ1n) is 6.32. The fourth-order valence-corrected chi connectivity index (χ4v) is 2.87. The van der Waals surface area contributed by atoms with Crippen LogP contribution in [0.5, 0.6) is 11.5 Å². The van der Waals surface area contributed by atoms with Crippen LogP contribution in [0.2, 0.25) is 5.02 Å². The molecule has 0 saturated carbocycles. The van der Waals surface area contributed by atoms with Gasteiger partial charge >= 0.3 is 0 Å². The SMILES string of the molecule is CCNCc1cc(Br)ccc1Oc1cc(F)c(Cl)cc1Br. The summed E-state index contributed by atoms with van der Waals surface area (Å²) >= 11 is 12.5. The van der Waals surface area contributed by atoms with E-state index in [1.54, 1.807) is 0 Å². The van der Waals surface area contributed by atoms with E-state index in [4.69, 9.17) is 16.3 Å². The zero-order valence-corrected chi connectivity index (χ0v) is 15.1. The highest BCUT2D eigenvalue weighted by molar-refractivity contribution is 9.10. The Morgan fingerprint density at radius 3 is 2.67 bits per heavy atom. The van der Waals surface area contributed by atoms with Gasteiger partial charge in [0, 0.05) is 22.6 Å². The highest BCUT2D eigenvalue weighted by Gasteiger charge is 2.11. The molecule has 0 unspecified atom stereocenters. The van der Waals surface area contributed by atoms with Gasteiger partial charge in [0.1, 0.15) is 17.3 Å². The van der Waals surface area contributed by atoms with Crippen LogP contribution in [-0.4, -0.2) is 6.54 Å². The molecule has 0 aliphatic carbocycles. The summed E-state index contributed by atoms with van der Waals surface area (Å²) in [5.41, 5.74) is 0.980. The first-order valence-corrected chi connectivity index (χ1v) is 8.29. The van der Waals surface area contributed by atoms with Crippen LogP contribution >= 0.6 is 43.5 Å².